The van der Waals surface area contributed by atoms with Crippen molar-refractivity contribution >= 4 is 23.6 Å². The standard InChI is InChI=1S/C19H28ClN3O4/c1-18(2,3)27-17(25)23-11-10-19(20,14(21)12-23)16(26-4)22-15(24)13-8-6-5-7-9-13/h5-9,14,16H,10-12,21H2,1-4H3,(H,22,24). The molecule has 3 N–H and O–H groups in total. The van der Waals surface area contributed by atoms with Crippen LogP contribution in [0, 0.1) is 0 Å². The first-order chi connectivity index (χ1) is 12.6. The number of benzene rings is 1. The lowest BCUT2D eigenvalue weighted by atomic mass is 9.89. The van der Waals surface area contributed by atoms with Gasteiger partial charge in [0.05, 0.1) is 0 Å². The van der Waals surface area contributed by atoms with Crippen LogP contribution >= 0.6 is 11.6 Å². The van der Waals surface area contributed by atoms with Crippen LogP contribution in [0.25, 0.3) is 0 Å². The second kappa shape index (κ2) is 8.46. The predicted octanol–water partition coefficient (Wildman–Crippen LogP) is 2.33. The molecule has 0 saturated carbocycles. The van der Waals surface area contributed by atoms with Crippen LogP contribution < -0.4 is 11.1 Å². The Hall–Kier alpha value is -1.83. The van der Waals surface area contributed by atoms with E-state index < -0.39 is 28.8 Å². The van der Waals surface area contributed by atoms with E-state index in [2.05, 4.69) is 5.32 Å². The molecule has 0 bridgehead atoms. The van der Waals surface area contributed by atoms with Crippen molar-refractivity contribution in [3.8, 4) is 0 Å². The zero-order valence-electron chi connectivity index (χ0n) is 16.2. The van der Waals surface area contributed by atoms with Gasteiger partial charge in [-0.25, -0.2) is 4.79 Å². The van der Waals surface area contributed by atoms with Gasteiger partial charge in [-0.1, -0.05) is 18.2 Å². The van der Waals surface area contributed by atoms with Gasteiger partial charge in [0.15, 0.2) is 6.23 Å². The molecule has 1 aromatic carbocycles. The molecule has 0 spiro atoms. The van der Waals surface area contributed by atoms with Crippen molar-refractivity contribution in [2.75, 3.05) is 20.2 Å². The van der Waals surface area contributed by atoms with E-state index >= 15 is 0 Å². The maximum atomic E-state index is 12.5. The Kier molecular flexibility index (Phi) is 6.72. The number of nitrogens with zero attached hydrogens (tertiary/aromatic N) is 1. The minimum atomic E-state index is -1.04. The predicted molar refractivity (Wildman–Crippen MR) is 104 cm³/mol. The highest BCUT2D eigenvalue weighted by Crippen LogP contribution is 2.33. The average molecular weight is 398 g/mol. The fraction of sp³-hybridized carbons (Fsp3) is 0.579. The molecule has 7 nitrogen and oxygen atoms in total. The minimum absolute atomic E-state index is 0.208. The second-order valence-electron chi connectivity index (χ2n) is 7.66. The van der Waals surface area contributed by atoms with Crippen molar-refractivity contribution in [3.63, 3.8) is 0 Å². The molecule has 3 unspecified atom stereocenters. The number of piperidine rings is 1. The van der Waals surface area contributed by atoms with Gasteiger partial charge in [-0.3, -0.25) is 4.79 Å². The SMILES string of the molecule is COC(NC(=O)c1ccccc1)C1(Cl)CCN(C(=O)OC(C)(C)C)CC1N. The summed E-state index contributed by atoms with van der Waals surface area (Å²) in [5.74, 6) is -0.302. The van der Waals surface area contributed by atoms with E-state index in [4.69, 9.17) is 26.8 Å². The summed E-state index contributed by atoms with van der Waals surface area (Å²) in [6, 6.07) is 8.18. The summed E-state index contributed by atoms with van der Waals surface area (Å²) < 4.78 is 10.8. The van der Waals surface area contributed by atoms with E-state index in [0.717, 1.165) is 0 Å². The topological polar surface area (TPSA) is 93.9 Å². The van der Waals surface area contributed by atoms with Crippen molar-refractivity contribution in [2.24, 2.45) is 5.73 Å². The van der Waals surface area contributed by atoms with Crippen LogP contribution in [0.4, 0.5) is 4.79 Å². The second-order valence-corrected chi connectivity index (χ2v) is 8.37. The third-order valence-electron chi connectivity index (χ3n) is 4.42. The number of alkyl halides is 1. The van der Waals surface area contributed by atoms with Crippen molar-refractivity contribution < 1.29 is 19.1 Å². The smallest absolute Gasteiger partial charge is 0.410 e. The summed E-state index contributed by atoms with van der Waals surface area (Å²) in [5.41, 5.74) is 6.20. The van der Waals surface area contributed by atoms with Gasteiger partial charge in [0.2, 0.25) is 0 Å². The molecule has 0 aromatic heterocycles. The number of ether oxygens (including phenoxy) is 2. The highest BCUT2D eigenvalue weighted by atomic mass is 35.5. The molecule has 1 heterocycles. The first-order valence-corrected chi connectivity index (χ1v) is 9.26. The van der Waals surface area contributed by atoms with Gasteiger partial charge in [0, 0.05) is 31.8 Å². The van der Waals surface area contributed by atoms with E-state index in [-0.39, 0.29) is 12.5 Å². The molecule has 1 fully saturated rings. The molecule has 150 valence electrons. The molecular weight excluding hydrogens is 370 g/mol. The summed E-state index contributed by atoms with van der Waals surface area (Å²) in [5, 5.41) is 2.80. The van der Waals surface area contributed by atoms with E-state index in [9.17, 15) is 9.59 Å². The van der Waals surface area contributed by atoms with Crippen LogP contribution in [0.5, 0.6) is 0 Å². The Labute approximate surface area is 165 Å². The Balaban J connectivity index is 2.05. The van der Waals surface area contributed by atoms with Crippen molar-refractivity contribution in [3.05, 3.63) is 35.9 Å². The van der Waals surface area contributed by atoms with Crippen molar-refractivity contribution in [1.82, 2.24) is 10.2 Å². The number of rotatable bonds is 4. The maximum Gasteiger partial charge on any atom is 0.410 e. The molecule has 27 heavy (non-hydrogen) atoms. The average Bonchev–Trinajstić information content (AvgIpc) is 2.61. The lowest BCUT2D eigenvalue weighted by molar-refractivity contribution is -0.00890. The van der Waals surface area contributed by atoms with Crippen molar-refractivity contribution in [1.29, 1.82) is 0 Å². The molecule has 1 aliphatic rings. The number of methoxy groups -OCH3 is 1. The lowest BCUT2D eigenvalue weighted by Gasteiger charge is -2.45. The quantitative estimate of drug-likeness (QED) is 0.600. The number of likely N-dealkylation sites (tertiary alicyclic amines) is 1. The van der Waals surface area contributed by atoms with Gasteiger partial charge < -0.3 is 25.4 Å². The largest absolute Gasteiger partial charge is 0.444 e. The number of amides is 2. The minimum Gasteiger partial charge on any atom is -0.444 e. The molecule has 2 amide bonds. The first-order valence-electron chi connectivity index (χ1n) is 8.88. The first kappa shape index (κ1) is 21.5. The molecule has 0 radical (unpaired) electrons. The van der Waals surface area contributed by atoms with E-state index in [1.807, 2.05) is 6.07 Å². The van der Waals surface area contributed by atoms with Crippen LogP contribution in [0.1, 0.15) is 37.6 Å². The molecule has 1 aliphatic heterocycles. The van der Waals surface area contributed by atoms with Crippen LogP contribution in [0.2, 0.25) is 0 Å². The fourth-order valence-corrected chi connectivity index (χ4v) is 3.25. The highest BCUT2D eigenvalue weighted by Gasteiger charge is 2.48. The summed E-state index contributed by atoms with van der Waals surface area (Å²) in [7, 11) is 1.47. The van der Waals surface area contributed by atoms with Crippen LogP contribution in [-0.2, 0) is 9.47 Å². The number of nitrogens with two attached hydrogens (primary N) is 1. The molecule has 0 aliphatic carbocycles. The van der Waals surface area contributed by atoms with Gasteiger partial charge in [-0.2, -0.15) is 0 Å². The number of nitrogens with one attached hydrogen (secondary N) is 1. The van der Waals surface area contributed by atoms with Gasteiger partial charge >= 0.3 is 6.09 Å². The van der Waals surface area contributed by atoms with E-state index in [1.54, 1.807) is 45.0 Å². The van der Waals surface area contributed by atoms with Crippen molar-refractivity contribution in [2.45, 2.75) is 49.9 Å². The van der Waals surface area contributed by atoms with Gasteiger partial charge in [0.1, 0.15) is 10.5 Å². The number of halogens is 1. The summed E-state index contributed by atoms with van der Waals surface area (Å²) >= 11 is 6.78. The number of hydrogen-bond acceptors (Lipinski definition) is 5. The van der Waals surface area contributed by atoms with Crippen LogP contribution in [-0.4, -0.2) is 59.8 Å². The van der Waals surface area contributed by atoms with E-state index in [1.165, 1.54) is 12.0 Å². The zero-order valence-corrected chi connectivity index (χ0v) is 17.0. The maximum absolute atomic E-state index is 12.5. The van der Waals surface area contributed by atoms with Crippen LogP contribution in [0.3, 0.4) is 0 Å². The van der Waals surface area contributed by atoms with Gasteiger partial charge in [-0.15, -0.1) is 11.6 Å². The van der Waals surface area contributed by atoms with E-state index in [0.29, 0.717) is 18.5 Å². The summed E-state index contributed by atoms with van der Waals surface area (Å²) in [6.45, 7) is 5.98. The molecule has 8 heteroatoms. The Morgan fingerprint density at radius 1 is 1.33 bits per heavy atom. The summed E-state index contributed by atoms with van der Waals surface area (Å²) in [6.07, 6.45) is -0.885. The Morgan fingerprint density at radius 2 is 1.96 bits per heavy atom. The molecule has 3 atom stereocenters. The van der Waals surface area contributed by atoms with Gasteiger partial charge in [0.25, 0.3) is 5.91 Å². The molecule has 2 rings (SSSR count). The van der Waals surface area contributed by atoms with Crippen LogP contribution in [0.15, 0.2) is 30.3 Å². The number of carbonyl (C=O) groups excluding carboxylic acids is 2. The number of hydrogen-bond donors (Lipinski definition) is 2. The summed E-state index contributed by atoms with van der Waals surface area (Å²) in [4.78, 5) is 25.2. The third kappa shape index (κ3) is 5.34. The van der Waals surface area contributed by atoms with Gasteiger partial charge in [-0.05, 0) is 39.3 Å². The zero-order chi connectivity index (χ0) is 20.2. The molecule has 1 aromatic rings. The molecule has 1 saturated heterocycles. The monoisotopic (exact) mass is 397 g/mol. The Morgan fingerprint density at radius 3 is 2.48 bits per heavy atom. The fourth-order valence-electron chi connectivity index (χ4n) is 2.96. The third-order valence-corrected chi connectivity index (χ3v) is 5.09. The molecular formula is C19H28ClN3O4. The highest BCUT2D eigenvalue weighted by molar-refractivity contribution is 6.25. The number of carbonyl (C=O) groups is 2. The lowest BCUT2D eigenvalue weighted by Crippen LogP contribution is -2.66. The Bertz CT molecular complexity index is 665. The normalized spacial score (nSPS) is 24.2.